The Morgan fingerprint density at radius 3 is 2.47 bits per heavy atom. The predicted octanol–water partition coefficient (Wildman–Crippen LogP) is 7.17. The first-order chi connectivity index (χ1) is 22.9. The number of nitrogens with one attached hydrogen (secondary N) is 1. The van der Waals surface area contributed by atoms with Crippen molar-refractivity contribution in [2.75, 3.05) is 24.2 Å². The number of fused-ring (bicyclic) bond motifs is 1. The van der Waals surface area contributed by atoms with Crippen LogP contribution in [0.15, 0.2) is 54.9 Å². The first-order valence-corrected chi connectivity index (χ1v) is 17.0. The molecular formula is C33H34F5N5O5S. The molecule has 3 heterocycles. The molecule has 1 aliphatic rings. The number of halogens is 5. The van der Waals surface area contributed by atoms with Gasteiger partial charge in [0.25, 0.3) is 0 Å². The van der Waals surface area contributed by atoms with Crippen molar-refractivity contribution < 1.29 is 44.6 Å². The minimum atomic E-state index is -4.98. The number of pyridine rings is 1. The largest absolute Gasteiger partial charge is 0.444 e. The van der Waals surface area contributed by atoms with Gasteiger partial charge in [0.1, 0.15) is 29.1 Å². The van der Waals surface area contributed by atoms with Gasteiger partial charge in [-0.05, 0) is 69.0 Å². The molecule has 4 aromatic rings. The second kappa shape index (κ2) is 13.7. The summed E-state index contributed by atoms with van der Waals surface area (Å²) in [6, 6.07) is 9.68. The number of hydrogen-bond acceptors (Lipinski definition) is 9. The highest BCUT2D eigenvalue weighted by molar-refractivity contribution is 7.90. The van der Waals surface area contributed by atoms with E-state index in [1.807, 2.05) is 0 Å². The van der Waals surface area contributed by atoms with Gasteiger partial charge in [-0.15, -0.1) is 0 Å². The van der Waals surface area contributed by atoms with Crippen molar-refractivity contribution in [3.05, 3.63) is 71.8 Å². The van der Waals surface area contributed by atoms with Gasteiger partial charge in [0.2, 0.25) is 11.8 Å². The van der Waals surface area contributed by atoms with Gasteiger partial charge in [0.05, 0.1) is 23.6 Å². The van der Waals surface area contributed by atoms with Gasteiger partial charge in [-0.3, -0.25) is 0 Å². The summed E-state index contributed by atoms with van der Waals surface area (Å²) in [6.07, 6.45) is -3.87. The van der Waals surface area contributed by atoms with Crippen molar-refractivity contribution in [1.29, 1.82) is 0 Å². The van der Waals surface area contributed by atoms with Crippen molar-refractivity contribution in [1.82, 2.24) is 19.9 Å². The Morgan fingerprint density at radius 1 is 1.02 bits per heavy atom. The van der Waals surface area contributed by atoms with E-state index in [1.54, 1.807) is 45.9 Å². The number of carbonyl (C=O) groups is 1. The lowest BCUT2D eigenvalue weighted by Gasteiger charge is -2.36. The molecule has 1 fully saturated rings. The van der Waals surface area contributed by atoms with Gasteiger partial charge >= 0.3 is 12.3 Å². The molecule has 0 radical (unpaired) electrons. The van der Waals surface area contributed by atoms with E-state index in [-0.39, 0.29) is 47.9 Å². The second-order valence-corrected chi connectivity index (χ2v) is 14.8. The molecule has 2 atom stereocenters. The lowest BCUT2D eigenvalue weighted by molar-refractivity contribution is -0.106. The van der Waals surface area contributed by atoms with E-state index >= 15 is 0 Å². The molecule has 262 valence electrons. The molecule has 2 aromatic carbocycles. The Labute approximate surface area is 279 Å². The van der Waals surface area contributed by atoms with Crippen molar-refractivity contribution in [3.8, 4) is 22.9 Å². The number of piperidine rings is 1. The van der Waals surface area contributed by atoms with E-state index in [1.165, 1.54) is 35.5 Å². The minimum absolute atomic E-state index is 0.0657. The van der Waals surface area contributed by atoms with Crippen molar-refractivity contribution in [3.63, 3.8) is 0 Å². The number of likely N-dealkylation sites (tertiary alicyclic amines) is 1. The summed E-state index contributed by atoms with van der Waals surface area (Å²) in [6.45, 7) is 6.92. The Kier molecular flexibility index (Phi) is 10.00. The van der Waals surface area contributed by atoms with Crippen LogP contribution in [-0.4, -0.2) is 77.2 Å². The summed E-state index contributed by atoms with van der Waals surface area (Å²) in [5.74, 6) is -3.83. The first kappa shape index (κ1) is 35.7. The van der Waals surface area contributed by atoms with Gasteiger partial charge in [0, 0.05) is 42.4 Å². The van der Waals surface area contributed by atoms with Crippen molar-refractivity contribution in [2.45, 2.75) is 63.9 Å². The molecule has 1 aliphatic heterocycles. The quantitative estimate of drug-likeness (QED) is 0.190. The number of anilines is 1. The molecule has 0 bridgehead atoms. The number of nitrogens with zero attached hydrogens (tertiary/aromatic N) is 4. The van der Waals surface area contributed by atoms with Crippen LogP contribution >= 0.6 is 0 Å². The second-order valence-electron chi connectivity index (χ2n) is 12.8. The predicted molar refractivity (Wildman–Crippen MR) is 172 cm³/mol. The zero-order chi connectivity index (χ0) is 35.7. The molecule has 0 aliphatic carbocycles. The number of aromatic nitrogens is 3. The van der Waals surface area contributed by atoms with Crippen LogP contribution < -0.4 is 10.1 Å². The lowest BCUT2D eigenvalue weighted by atomic mass is 10.0. The molecule has 0 saturated carbocycles. The van der Waals surface area contributed by atoms with Gasteiger partial charge in [0.15, 0.2) is 9.84 Å². The van der Waals surface area contributed by atoms with Gasteiger partial charge in [-0.25, -0.2) is 36.9 Å². The number of ether oxygens (including phenoxy) is 2. The molecule has 1 saturated heterocycles. The number of hydrogen-bond donors (Lipinski definition) is 1. The van der Waals surface area contributed by atoms with Crippen molar-refractivity contribution in [2.24, 2.45) is 0 Å². The fraction of sp³-hybridized carbons (Fsp3) is 0.394. The highest BCUT2D eigenvalue weighted by Gasteiger charge is 2.36. The third-order valence-electron chi connectivity index (χ3n) is 7.44. The van der Waals surface area contributed by atoms with E-state index in [9.17, 15) is 35.2 Å². The van der Waals surface area contributed by atoms with Crippen LogP contribution in [0.1, 0.15) is 38.3 Å². The summed E-state index contributed by atoms with van der Waals surface area (Å²) in [5, 5.41) is 3.41. The fourth-order valence-corrected chi connectivity index (χ4v) is 6.80. The number of carbonyl (C=O) groups excluding carboxylic acids is 1. The summed E-state index contributed by atoms with van der Waals surface area (Å²) < 4.78 is 105. The van der Waals surface area contributed by atoms with Crippen LogP contribution in [0.3, 0.4) is 0 Å². The Bertz CT molecular complexity index is 1970. The van der Waals surface area contributed by atoms with Crippen LogP contribution in [0.4, 0.5) is 32.7 Å². The number of sulfone groups is 1. The number of benzene rings is 2. The van der Waals surface area contributed by atoms with Crippen LogP contribution in [0.25, 0.3) is 22.0 Å². The number of rotatable bonds is 8. The topological polar surface area (TPSA) is 124 Å². The summed E-state index contributed by atoms with van der Waals surface area (Å²) in [5.41, 5.74) is 0.159. The van der Waals surface area contributed by atoms with Crippen LogP contribution in [-0.2, 0) is 20.3 Å². The van der Waals surface area contributed by atoms with Crippen LogP contribution in [0.5, 0.6) is 11.6 Å². The number of amides is 1. The number of alkyl halides is 4. The summed E-state index contributed by atoms with van der Waals surface area (Å²) in [4.78, 5) is 27.1. The maximum Gasteiger partial charge on any atom is 0.410 e. The van der Waals surface area contributed by atoms with E-state index in [0.717, 1.165) is 6.07 Å². The Balaban J connectivity index is 1.43. The maximum atomic E-state index is 14.9. The zero-order valence-electron chi connectivity index (χ0n) is 27.0. The molecule has 10 nitrogen and oxygen atoms in total. The molecule has 16 heteroatoms. The average molecular weight is 708 g/mol. The standard InChI is InChI=1S/C33H34F5N5O5S/c1-19-7-8-22-23(9-10-26(35)25(22)17-49(45,46)18-33(36,37)38)28(19)47-29-24(6-5-12-39-29)27-11-13-40-30(42-27)41-21-14-20(34)15-43(16-21)31(44)48-32(2,3)4/h5-13,20-21H,14-18H2,1-4H3,(H,40,41,42)/t20-,21-/m0/s1. The van der Waals surface area contributed by atoms with E-state index < -0.39 is 62.8 Å². The molecule has 2 aromatic heterocycles. The molecule has 5 rings (SSSR count). The lowest BCUT2D eigenvalue weighted by Crippen LogP contribution is -2.51. The molecule has 0 unspecified atom stereocenters. The van der Waals surface area contributed by atoms with Crippen LogP contribution in [0, 0.1) is 12.7 Å². The van der Waals surface area contributed by atoms with Crippen LogP contribution in [0.2, 0.25) is 0 Å². The highest BCUT2D eigenvalue weighted by atomic mass is 32.2. The van der Waals surface area contributed by atoms with E-state index in [2.05, 4.69) is 20.3 Å². The molecular weight excluding hydrogens is 673 g/mol. The van der Waals surface area contributed by atoms with E-state index in [4.69, 9.17) is 9.47 Å². The summed E-state index contributed by atoms with van der Waals surface area (Å²) in [7, 11) is -4.75. The molecule has 1 amide bonds. The fourth-order valence-electron chi connectivity index (χ4n) is 5.47. The average Bonchev–Trinajstić information content (AvgIpc) is 2.98. The third-order valence-corrected chi connectivity index (χ3v) is 8.93. The molecule has 0 spiro atoms. The SMILES string of the molecule is Cc1ccc2c(CS(=O)(=O)CC(F)(F)F)c(F)ccc2c1Oc1ncccc1-c1ccnc(N[C@H]2C[C@H](F)CN(C(=O)OC(C)(C)C)C2)n1. The van der Waals surface area contributed by atoms with Gasteiger partial charge in [-0.2, -0.15) is 13.2 Å². The third kappa shape index (κ3) is 9.10. The monoisotopic (exact) mass is 707 g/mol. The highest BCUT2D eigenvalue weighted by Crippen LogP contribution is 2.39. The molecule has 49 heavy (non-hydrogen) atoms. The Morgan fingerprint density at radius 2 is 1.76 bits per heavy atom. The molecule has 1 N–H and O–H groups in total. The smallest absolute Gasteiger partial charge is 0.410 e. The zero-order valence-corrected chi connectivity index (χ0v) is 27.8. The van der Waals surface area contributed by atoms with E-state index in [0.29, 0.717) is 16.8 Å². The first-order valence-electron chi connectivity index (χ1n) is 15.2. The van der Waals surface area contributed by atoms with Gasteiger partial charge < -0.3 is 19.7 Å². The van der Waals surface area contributed by atoms with Gasteiger partial charge in [-0.1, -0.05) is 12.1 Å². The maximum absolute atomic E-state index is 14.9. The normalized spacial score (nSPS) is 17.2. The number of aryl methyl sites for hydroxylation is 1. The van der Waals surface area contributed by atoms with Crippen molar-refractivity contribution >= 4 is 32.7 Å². The minimum Gasteiger partial charge on any atom is -0.444 e. The summed E-state index contributed by atoms with van der Waals surface area (Å²) >= 11 is 0. The Hall–Kier alpha value is -4.60.